The zero-order valence-electron chi connectivity index (χ0n) is 8.44. The van der Waals surface area contributed by atoms with Crippen LogP contribution in [0.5, 0.6) is 0 Å². The van der Waals surface area contributed by atoms with Crippen LogP contribution in [0.1, 0.15) is 19.8 Å². The molecule has 0 heterocycles. The maximum atomic E-state index is 12.0. The van der Waals surface area contributed by atoms with Gasteiger partial charge in [-0.05, 0) is 12.8 Å². The summed E-state index contributed by atoms with van der Waals surface area (Å²) in [6.07, 6.45) is -10.8. The third kappa shape index (κ3) is 5.39. The van der Waals surface area contributed by atoms with Crippen LogP contribution >= 0.6 is 0 Å². The van der Waals surface area contributed by atoms with Crippen molar-refractivity contribution in [1.82, 2.24) is 0 Å². The highest BCUT2D eigenvalue weighted by atomic mass is 19.4. The maximum Gasteiger partial charge on any atom is 0.403 e. The standard InChI is InChI=1S/C9H12F6O/c1-2-6(16)4-3-5-7(8(10,11)12)9(13,14)15/h3,5-7,16H,2,4H2,1H3. The molecule has 0 bridgehead atoms. The van der Waals surface area contributed by atoms with Gasteiger partial charge in [0.1, 0.15) is 0 Å². The van der Waals surface area contributed by atoms with Crippen molar-refractivity contribution >= 4 is 0 Å². The monoisotopic (exact) mass is 250 g/mol. The Morgan fingerprint density at radius 3 is 1.81 bits per heavy atom. The molecule has 0 aromatic carbocycles. The molecule has 0 spiro atoms. The van der Waals surface area contributed by atoms with Crippen LogP contribution in [-0.2, 0) is 0 Å². The van der Waals surface area contributed by atoms with Gasteiger partial charge < -0.3 is 5.11 Å². The van der Waals surface area contributed by atoms with E-state index in [4.69, 9.17) is 5.11 Å². The predicted octanol–water partition coefficient (Wildman–Crippen LogP) is 3.44. The third-order valence-electron chi connectivity index (χ3n) is 1.91. The van der Waals surface area contributed by atoms with Crippen molar-refractivity contribution in [3.05, 3.63) is 12.2 Å². The fourth-order valence-corrected chi connectivity index (χ4v) is 0.942. The first-order chi connectivity index (χ1) is 7.09. The minimum absolute atomic E-state index is 0.0406. The van der Waals surface area contributed by atoms with Crippen LogP contribution in [-0.4, -0.2) is 23.6 Å². The summed E-state index contributed by atoms with van der Waals surface area (Å²) in [7, 11) is 0. The zero-order valence-corrected chi connectivity index (χ0v) is 8.44. The van der Waals surface area contributed by atoms with Crippen molar-refractivity contribution in [2.45, 2.75) is 38.2 Å². The molecule has 0 saturated carbocycles. The van der Waals surface area contributed by atoms with Crippen LogP contribution < -0.4 is 0 Å². The van der Waals surface area contributed by atoms with Gasteiger partial charge in [0.15, 0.2) is 5.92 Å². The lowest BCUT2D eigenvalue weighted by molar-refractivity contribution is -0.267. The molecule has 0 amide bonds. The summed E-state index contributed by atoms with van der Waals surface area (Å²) in [6, 6.07) is 0. The Morgan fingerprint density at radius 2 is 1.50 bits per heavy atom. The molecule has 0 rings (SSSR count). The van der Waals surface area contributed by atoms with E-state index in [1.54, 1.807) is 6.92 Å². The number of halogens is 6. The van der Waals surface area contributed by atoms with E-state index in [9.17, 15) is 26.3 Å². The zero-order chi connectivity index (χ0) is 13.0. The van der Waals surface area contributed by atoms with E-state index in [-0.39, 0.29) is 18.9 Å². The van der Waals surface area contributed by atoms with Gasteiger partial charge in [0.25, 0.3) is 0 Å². The minimum atomic E-state index is -5.36. The molecule has 16 heavy (non-hydrogen) atoms. The molecule has 0 fully saturated rings. The lowest BCUT2D eigenvalue weighted by Crippen LogP contribution is -2.34. The second kappa shape index (κ2) is 5.56. The van der Waals surface area contributed by atoms with E-state index in [0.717, 1.165) is 0 Å². The van der Waals surface area contributed by atoms with E-state index >= 15 is 0 Å². The topological polar surface area (TPSA) is 20.2 Å². The Hall–Kier alpha value is -0.720. The van der Waals surface area contributed by atoms with E-state index in [1.807, 2.05) is 0 Å². The van der Waals surface area contributed by atoms with E-state index in [1.165, 1.54) is 0 Å². The van der Waals surface area contributed by atoms with E-state index in [2.05, 4.69) is 0 Å². The highest BCUT2D eigenvalue weighted by Crippen LogP contribution is 2.40. The number of hydrogen-bond donors (Lipinski definition) is 1. The largest absolute Gasteiger partial charge is 0.403 e. The number of rotatable bonds is 4. The van der Waals surface area contributed by atoms with Gasteiger partial charge in [-0.3, -0.25) is 0 Å². The van der Waals surface area contributed by atoms with Crippen molar-refractivity contribution in [3.8, 4) is 0 Å². The lowest BCUT2D eigenvalue weighted by atomic mass is 10.1. The quantitative estimate of drug-likeness (QED) is 0.598. The summed E-state index contributed by atoms with van der Waals surface area (Å²) in [4.78, 5) is 0. The summed E-state index contributed by atoms with van der Waals surface area (Å²) in [5.74, 6) is -3.47. The molecule has 0 aromatic heterocycles. The van der Waals surface area contributed by atoms with E-state index < -0.39 is 24.4 Å². The molecule has 0 radical (unpaired) electrons. The van der Waals surface area contributed by atoms with Crippen molar-refractivity contribution in [2.75, 3.05) is 0 Å². The van der Waals surface area contributed by atoms with Gasteiger partial charge in [-0.15, -0.1) is 0 Å². The number of aliphatic hydroxyl groups excluding tert-OH is 1. The first-order valence-electron chi connectivity index (χ1n) is 4.57. The molecule has 0 aromatic rings. The van der Waals surface area contributed by atoms with Gasteiger partial charge in [0.2, 0.25) is 0 Å². The van der Waals surface area contributed by atoms with Gasteiger partial charge in [-0.25, -0.2) is 0 Å². The van der Waals surface area contributed by atoms with Crippen LogP contribution in [0.3, 0.4) is 0 Å². The Labute approximate surface area is 88.8 Å². The molecule has 1 N–H and O–H groups in total. The highest BCUT2D eigenvalue weighted by Gasteiger charge is 2.54. The third-order valence-corrected chi connectivity index (χ3v) is 1.91. The maximum absolute atomic E-state index is 12.0. The van der Waals surface area contributed by atoms with Crippen molar-refractivity contribution < 1.29 is 31.4 Å². The van der Waals surface area contributed by atoms with Crippen LogP contribution in [0.25, 0.3) is 0 Å². The average molecular weight is 250 g/mol. The molecule has 1 nitrogen and oxygen atoms in total. The van der Waals surface area contributed by atoms with Crippen molar-refractivity contribution in [3.63, 3.8) is 0 Å². The fraction of sp³-hybridized carbons (Fsp3) is 0.778. The normalized spacial score (nSPS) is 16.1. The summed E-state index contributed by atoms with van der Waals surface area (Å²) in [5, 5.41) is 8.96. The molecule has 0 aliphatic rings. The molecular weight excluding hydrogens is 238 g/mol. The van der Waals surface area contributed by atoms with Crippen LogP contribution in [0, 0.1) is 5.92 Å². The lowest BCUT2D eigenvalue weighted by Gasteiger charge is -2.19. The smallest absolute Gasteiger partial charge is 0.393 e. The van der Waals surface area contributed by atoms with Gasteiger partial charge in [0, 0.05) is 0 Å². The molecular formula is C9H12F6O. The first-order valence-corrected chi connectivity index (χ1v) is 4.57. The minimum Gasteiger partial charge on any atom is -0.393 e. The van der Waals surface area contributed by atoms with Crippen LogP contribution in [0.15, 0.2) is 12.2 Å². The van der Waals surface area contributed by atoms with Crippen LogP contribution in [0.4, 0.5) is 26.3 Å². The molecule has 96 valence electrons. The fourth-order valence-electron chi connectivity index (χ4n) is 0.942. The SMILES string of the molecule is CCC(O)CC=CC(C(F)(F)F)C(F)(F)F. The molecule has 1 atom stereocenters. The number of hydrogen-bond acceptors (Lipinski definition) is 1. The van der Waals surface area contributed by atoms with Gasteiger partial charge in [-0.1, -0.05) is 19.1 Å². The Balaban J connectivity index is 4.58. The highest BCUT2D eigenvalue weighted by molar-refractivity contribution is 4.96. The number of allylic oxidation sites excluding steroid dienone is 1. The summed E-state index contributed by atoms with van der Waals surface area (Å²) in [5.41, 5.74) is 0. The molecule has 7 heteroatoms. The summed E-state index contributed by atoms with van der Waals surface area (Å²) < 4.78 is 71.9. The average Bonchev–Trinajstić information content (AvgIpc) is 2.07. The number of alkyl halides is 6. The Morgan fingerprint density at radius 1 is 1.06 bits per heavy atom. The van der Waals surface area contributed by atoms with Gasteiger partial charge in [0.05, 0.1) is 6.10 Å². The second-order valence-electron chi connectivity index (χ2n) is 3.29. The Bertz CT molecular complexity index is 215. The predicted molar refractivity (Wildman–Crippen MR) is 45.7 cm³/mol. The summed E-state index contributed by atoms with van der Waals surface area (Å²) >= 11 is 0. The van der Waals surface area contributed by atoms with Crippen molar-refractivity contribution in [2.24, 2.45) is 5.92 Å². The van der Waals surface area contributed by atoms with Crippen LogP contribution in [0.2, 0.25) is 0 Å². The van der Waals surface area contributed by atoms with E-state index in [0.29, 0.717) is 6.08 Å². The van der Waals surface area contributed by atoms with Gasteiger partial charge in [-0.2, -0.15) is 26.3 Å². The van der Waals surface area contributed by atoms with Gasteiger partial charge >= 0.3 is 12.4 Å². The number of aliphatic hydroxyl groups is 1. The molecule has 0 saturated heterocycles. The summed E-state index contributed by atoms with van der Waals surface area (Å²) in [6.45, 7) is 1.57. The first kappa shape index (κ1) is 15.3. The molecule has 0 aliphatic heterocycles. The Kier molecular flexibility index (Phi) is 5.31. The molecule has 0 aliphatic carbocycles. The second-order valence-corrected chi connectivity index (χ2v) is 3.29. The van der Waals surface area contributed by atoms with Crippen molar-refractivity contribution in [1.29, 1.82) is 0 Å². The molecule has 1 unspecified atom stereocenters.